The maximum atomic E-state index is 2.43. The first-order chi connectivity index (χ1) is 4.25. The molecule has 0 N–H and O–H groups in total. The lowest BCUT2D eigenvalue weighted by Crippen LogP contribution is -2.26. The van der Waals surface area contributed by atoms with E-state index >= 15 is 0 Å². The minimum absolute atomic E-state index is 0.792. The summed E-state index contributed by atoms with van der Waals surface area (Å²) in [5, 5.41) is 0.884. The first-order valence-electron chi connectivity index (χ1n) is 3.48. The highest BCUT2D eigenvalue weighted by atomic mass is 32.2. The number of hydrogen-bond acceptors (Lipinski definition) is 2. The van der Waals surface area contributed by atoms with Crippen LogP contribution in [0.1, 0.15) is 13.3 Å². The SMILES string of the molecule is CSC1CCN(C)C1C. The zero-order chi connectivity index (χ0) is 6.85. The Balaban J connectivity index is 2.41. The Labute approximate surface area is 61.8 Å². The topological polar surface area (TPSA) is 3.24 Å². The van der Waals surface area contributed by atoms with E-state index in [2.05, 4.69) is 25.1 Å². The van der Waals surface area contributed by atoms with Gasteiger partial charge < -0.3 is 4.90 Å². The van der Waals surface area contributed by atoms with Crippen LogP contribution in [-0.2, 0) is 0 Å². The number of hydrogen-bond donors (Lipinski definition) is 0. The van der Waals surface area contributed by atoms with Crippen LogP contribution in [0.3, 0.4) is 0 Å². The third-order valence-corrected chi connectivity index (χ3v) is 3.54. The maximum absolute atomic E-state index is 2.43. The summed E-state index contributed by atoms with van der Waals surface area (Å²) in [4.78, 5) is 2.43. The van der Waals surface area contributed by atoms with Crippen molar-refractivity contribution in [3.63, 3.8) is 0 Å². The van der Waals surface area contributed by atoms with Gasteiger partial charge in [-0.05, 0) is 33.2 Å². The van der Waals surface area contributed by atoms with Crippen LogP contribution in [0.25, 0.3) is 0 Å². The molecule has 0 radical (unpaired) electrons. The fourth-order valence-corrected chi connectivity index (χ4v) is 2.32. The van der Waals surface area contributed by atoms with Crippen LogP contribution in [0.4, 0.5) is 0 Å². The number of likely N-dealkylation sites (tertiary alicyclic amines) is 1. The van der Waals surface area contributed by atoms with Gasteiger partial charge in [-0.3, -0.25) is 0 Å². The van der Waals surface area contributed by atoms with E-state index in [0.29, 0.717) is 0 Å². The van der Waals surface area contributed by atoms with Crippen molar-refractivity contribution < 1.29 is 0 Å². The van der Waals surface area contributed by atoms with Gasteiger partial charge in [0.1, 0.15) is 0 Å². The van der Waals surface area contributed by atoms with Gasteiger partial charge in [0.2, 0.25) is 0 Å². The second-order valence-corrected chi connectivity index (χ2v) is 3.86. The van der Waals surface area contributed by atoms with Gasteiger partial charge in [-0.25, -0.2) is 0 Å². The highest BCUT2D eigenvalue weighted by Gasteiger charge is 2.26. The molecule has 0 aromatic heterocycles. The molecule has 0 aromatic rings. The molecule has 54 valence electrons. The normalized spacial score (nSPS) is 37.7. The van der Waals surface area contributed by atoms with Gasteiger partial charge in [-0.15, -0.1) is 0 Å². The first kappa shape index (κ1) is 7.42. The van der Waals surface area contributed by atoms with E-state index in [1.807, 2.05) is 11.8 Å². The van der Waals surface area contributed by atoms with E-state index in [1.165, 1.54) is 13.0 Å². The Hall–Kier alpha value is 0.310. The molecule has 0 aromatic carbocycles. The van der Waals surface area contributed by atoms with Crippen LogP contribution < -0.4 is 0 Å². The molecule has 2 unspecified atom stereocenters. The largest absolute Gasteiger partial charge is 0.303 e. The zero-order valence-electron chi connectivity index (χ0n) is 6.42. The monoisotopic (exact) mass is 145 g/mol. The summed E-state index contributed by atoms with van der Waals surface area (Å²) < 4.78 is 0. The van der Waals surface area contributed by atoms with Crippen LogP contribution in [0, 0.1) is 0 Å². The van der Waals surface area contributed by atoms with E-state index in [1.54, 1.807) is 0 Å². The minimum Gasteiger partial charge on any atom is -0.303 e. The first-order valence-corrected chi connectivity index (χ1v) is 4.77. The van der Waals surface area contributed by atoms with Crippen molar-refractivity contribution in [2.45, 2.75) is 24.6 Å². The number of rotatable bonds is 1. The molecule has 1 saturated heterocycles. The molecule has 1 rings (SSSR count). The predicted octanol–water partition coefficient (Wildman–Crippen LogP) is 1.44. The number of thioether (sulfide) groups is 1. The Kier molecular flexibility index (Phi) is 2.42. The lowest BCUT2D eigenvalue weighted by Gasteiger charge is -2.18. The fourth-order valence-electron chi connectivity index (χ4n) is 1.37. The molecule has 0 saturated carbocycles. The molecule has 0 aliphatic carbocycles. The molecule has 0 bridgehead atoms. The van der Waals surface area contributed by atoms with Gasteiger partial charge in [-0.1, -0.05) is 0 Å². The summed E-state index contributed by atoms with van der Waals surface area (Å²) in [5.74, 6) is 0. The number of nitrogens with zero attached hydrogens (tertiary/aromatic N) is 1. The van der Waals surface area contributed by atoms with Crippen molar-refractivity contribution in [3.05, 3.63) is 0 Å². The van der Waals surface area contributed by atoms with Crippen LogP contribution in [-0.4, -0.2) is 36.0 Å². The van der Waals surface area contributed by atoms with Crippen molar-refractivity contribution in [2.75, 3.05) is 19.8 Å². The molecule has 2 heteroatoms. The average molecular weight is 145 g/mol. The van der Waals surface area contributed by atoms with Crippen molar-refractivity contribution in [1.82, 2.24) is 4.90 Å². The molecule has 1 fully saturated rings. The molecule has 1 heterocycles. The maximum Gasteiger partial charge on any atom is 0.0209 e. The second-order valence-electron chi connectivity index (χ2n) is 2.78. The highest BCUT2D eigenvalue weighted by Crippen LogP contribution is 2.24. The van der Waals surface area contributed by atoms with Crippen LogP contribution in [0.2, 0.25) is 0 Å². The Morgan fingerprint density at radius 1 is 1.56 bits per heavy atom. The van der Waals surface area contributed by atoms with Gasteiger partial charge in [0, 0.05) is 11.3 Å². The second kappa shape index (κ2) is 2.93. The average Bonchev–Trinajstić information content (AvgIpc) is 2.15. The van der Waals surface area contributed by atoms with E-state index in [0.717, 1.165) is 11.3 Å². The van der Waals surface area contributed by atoms with Crippen molar-refractivity contribution in [1.29, 1.82) is 0 Å². The smallest absolute Gasteiger partial charge is 0.0209 e. The van der Waals surface area contributed by atoms with E-state index in [9.17, 15) is 0 Å². The molecule has 2 atom stereocenters. The van der Waals surface area contributed by atoms with Gasteiger partial charge in [0.25, 0.3) is 0 Å². The summed E-state index contributed by atoms with van der Waals surface area (Å²) >= 11 is 2.00. The third kappa shape index (κ3) is 1.41. The van der Waals surface area contributed by atoms with E-state index in [4.69, 9.17) is 0 Å². The molecular formula is C7H15NS. The molecule has 1 nitrogen and oxygen atoms in total. The van der Waals surface area contributed by atoms with Crippen molar-refractivity contribution in [3.8, 4) is 0 Å². The molecule has 0 amide bonds. The summed E-state index contributed by atoms with van der Waals surface area (Å²) in [7, 11) is 2.21. The molecular weight excluding hydrogens is 130 g/mol. The molecule has 0 spiro atoms. The van der Waals surface area contributed by atoms with Crippen LogP contribution in [0.5, 0.6) is 0 Å². The van der Waals surface area contributed by atoms with Gasteiger partial charge in [0.15, 0.2) is 0 Å². The summed E-state index contributed by atoms with van der Waals surface area (Å²) in [6.07, 6.45) is 3.58. The summed E-state index contributed by atoms with van der Waals surface area (Å²) in [6.45, 7) is 3.60. The van der Waals surface area contributed by atoms with Crippen LogP contribution >= 0.6 is 11.8 Å². The highest BCUT2D eigenvalue weighted by molar-refractivity contribution is 7.99. The lowest BCUT2D eigenvalue weighted by atomic mass is 10.2. The molecule has 1 aliphatic rings. The van der Waals surface area contributed by atoms with Gasteiger partial charge >= 0.3 is 0 Å². The van der Waals surface area contributed by atoms with E-state index < -0.39 is 0 Å². The van der Waals surface area contributed by atoms with Crippen LogP contribution in [0.15, 0.2) is 0 Å². The summed E-state index contributed by atoms with van der Waals surface area (Å²) in [5.41, 5.74) is 0. The fraction of sp³-hybridized carbons (Fsp3) is 1.00. The van der Waals surface area contributed by atoms with Gasteiger partial charge in [0.05, 0.1) is 0 Å². The predicted molar refractivity (Wildman–Crippen MR) is 44.0 cm³/mol. The van der Waals surface area contributed by atoms with Crippen molar-refractivity contribution >= 4 is 11.8 Å². The Bertz CT molecular complexity index is 94.9. The lowest BCUT2D eigenvalue weighted by molar-refractivity contribution is 0.333. The zero-order valence-corrected chi connectivity index (χ0v) is 7.24. The van der Waals surface area contributed by atoms with E-state index in [-0.39, 0.29) is 0 Å². The minimum atomic E-state index is 0.792. The Morgan fingerprint density at radius 3 is 2.44 bits per heavy atom. The standard InChI is InChI=1S/C7H15NS/c1-6-7(9-3)4-5-8(6)2/h6-7H,4-5H2,1-3H3. The van der Waals surface area contributed by atoms with Gasteiger partial charge in [-0.2, -0.15) is 11.8 Å². The summed E-state index contributed by atoms with van der Waals surface area (Å²) in [6, 6.07) is 0.792. The third-order valence-electron chi connectivity index (χ3n) is 2.30. The Morgan fingerprint density at radius 2 is 2.22 bits per heavy atom. The molecule has 9 heavy (non-hydrogen) atoms. The van der Waals surface area contributed by atoms with Crippen molar-refractivity contribution in [2.24, 2.45) is 0 Å². The molecule has 1 aliphatic heterocycles. The quantitative estimate of drug-likeness (QED) is 0.549.